The van der Waals surface area contributed by atoms with Gasteiger partial charge in [0.05, 0.1) is 12.1 Å². The van der Waals surface area contributed by atoms with Gasteiger partial charge in [-0.25, -0.2) is 0 Å². The first-order valence-corrected chi connectivity index (χ1v) is 6.63. The Morgan fingerprint density at radius 1 is 1.44 bits per heavy atom. The van der Waals surface area contributed by atoms with Gasteiger partial charge in [-0.05, 0) is 25.3 Å². The standard InChI is InChI=1S/C12H13N3O2S/c1-8-14-11(17-15-8)7-13-12(16)9-5-3-4-6-10(9)18-2/h3-6H,7H2,1-2H3,(H,13,16). The van der Waals surface area contributed by atoms with Crippen LogP contribution in [-0.4, -0.2) is 22.3 Å². The molecular formula is C12H13N3O2S. The van der Waals surface area contributed by atoms with Crippen LogP contribution in [0.25, 0.3) is 0 Å². The molecule has 0 fully saturated rings. The van der Waals surface area contributed by atoms with Crippen molar-refractivity contribution in [3.05, 3.63) is 41.5 Å². The van der Waals surface area contributed by atoms with E-state index in [2.05, 4.69) is 15.5 Å². The molecule has 6 heteroatoms. The number of amides is 1. The molecule has 1 amide bonds. The van der Waals surface area contributed by atoms with Crippen LogP contribution in [0.2, 0.25) is 0 Å². The number of benzene rings is 1. The van der Waals surface area contributed by atoms with E-state index >= 15 is 0 Å². The van der Waals surface area contributed by atoms with Crippen molar-refractivity contribution in [2.75, 3.05) is 6.26 Å². The topological polar surface area (TPSA) is 68.0 Å². The molecule has 0 unspecified atom stereocenters. The van der Waals surface area contributed by atoms with Crippen LogP contribution in [0.1, 0.15) is 22.1 Å². The molecule has 0 bridgehead atoms. The lowest BCUT2D eigenvalue weighted by Crippen LogP contribution is -2.23. The van der Waals surface area contributed by atoms with Crippen molar-refractivity contribution in [3.63, 3.8) is 0 Å². The number of nitrogens with zero attached hydrogens (tertiary/aromatic N) is 2. The first-order chi connectivity index (χ1) is 8.70. The fraction of sp³-hybridized carbons (Fsp3) is 0.250. The molecule has 2 aromatic rings. The van der Waals surface area contributed by atoms with Gasteiger partial charge in [0.2, 0.25) is 5.89 Å². The van der Waals surface area contributed by atoms with Gasteiger partial charge in [-0.15, -0.1) is 11.8 Å². The Kier molecular flexibility index (Phi) is 3.99. The number of nitrogens with one attached hydrogen (secondary N) is 1. The summed E-state index contributed by atoms with van der Waals surface area (Å²) in [6.07, 6.45) is 1.94. The molecule has 1 aromatic heterocycles. The Morgan fingerprint density at radius 2 is 2.22 bits per heavy atom. The van der Waals surface area contributed by atoms with Gasteiger partial charge >= 0.3 is 0 Å². The average molecular weight is 263 g/mol. The number of hydrogen-bond acceptors (Lipinski definition) is 5. The number of thioether (sulfide) groups is 1. The molecule has 0 aliphatic rings. The second kappa shape index (κ2) is 5.68. The van der Waals surface area contributed by atoms with Crippen molar-refractivity contribution in [2.24, 2.45) is 0 Å². The molecule has 1 N–H and O–H groups in total. The zero-order valence-electron chi connectivity index (χ0n) is 10.1. The Hall–Kier alpha value is -1.82. The van der Waals surface area contributed by atoms with Gasteiger partial charge in [-0.2, -0.15) is 4.98 Å². The predicted molar refractivity (Wildman–Crippen MR) is 68.4 cm³/mol. The molecule has 0 saturated carbocycles. The summed E-state index contributed by atoms with van der Waals surface area (Å²) in [6.45, 7) is 1.97. The van der Waals surface area contributed by atoms with Gasteiger partial charge in [-0.1, -0.05) is 17.3 Å². The van der Waals surface area contributed by atoms with Crippen LogP contribution in [-0.2, 0) is 6.54 Å². The number of carbonyl (C=O) groups is 1. The Bertz CT molecular complexity index is 554. The van der Waals surface area contributed by atoms with E-state index in [0.29, 0.717) is 17.3 Å². The third-order valence-electron chi connectivity index (χ3n) is 2.32. The lowest BCUT2D eigenvalue weighted by atomic mass is 10.2. The third kappa shape index (κ3) is 2.89. The smallest absolute Gasteiger partial charge is 0.252 e. The quantitative estimate of drug-likeness (QED) is 0.855. The summed E-state index contributed by atoms with van der Waals surface area (Å²) in [5, 5.41) is 6.41. The highest BCUT2D eigenvalue weighted by atomic mass is 32.2. The first kappa shape index (κ1) is 12.6. The highest BCUT2D eigenvalue weighted by Gasteiger charge is 2.11. The number of aryl methyl sites for hydroxylation is 1. The van der Waals surface area contributed by atoms with Crippen molar-refractivity contribution < 1.29 is 9.32 Å². The lowest BCUT2D eigenvalue weighted by Gasteiger charge is -2.06. The molecule has 0 aliphatic carbocycles. The Labute approximate surface area is 109 Å². The average Bonchev–Trinajstić information content (AvgIpc) is 2.81. The largest absolute Gasteiger partial charge is 0.343 e. The highest BCUT2D eigenvalue weighted by Crippen LogP contribution is 2.19. The minimum absolute atomic E-state index is 0.143. The van der Waals surface area contributed by atoms with Gasteiger partial charge in [0.25, 0.3) is 5.91 Å². The van der Waals surface area contributed by atoms with Crippen molar-refractivity contribution in [1.29, 1.82) is 0 Å². The maximum Gasteiger partial charge on any atom is 0.252 e. The molecule has 94 valence electrons. The molecule has 0 atom stereocenters. The van der Waals surface area contributed by atoms with E-state index in [1.807, 2.05) is 24.5 Å². The molecular weight excluding hydrogens is 250 g/mol. The molecule has 0 spiro atoms. The van der Waals surface area contributed by atoms with E-state index in [4.69, 9.17) is 4.52 Å². The minimum Gasteiger partial charge on any atom is -0.343 e. The monoisotopic (exact) mass is 263 g/mol. The predicted octanol–water partition coefficient (Wildman–Crippen LogP) is 2.03. The third-order valence-corrected chi connectivity index (χ3v) is 3.12. The van der Waals surface area contributed by atoms with Crippen LogP contribution in [0.4, 0.5) is 0 Å². The summed E-state index contributed by atoms with van der Waals surface area (Å²) < 4.78 is 4.93. The van der Waals surface area contributed by atoms with Crippen LogP contribution in [0.15, 0.2) is 33.7 Å². The molecule has 0 radical (unpaired) electrons. The van der Waals surface area contributed by atoms with Crippen LogP contribution < -0.4 is 5.32 Å². The second-order valence-corrected chi connectivity index (χ2v) is 4.47. The molecule has 5 nitrogen and oxygen atoms in total. The Morgan fingerprint density at radius 3 is 2.89 bits per heavy atom. The summed E-state index contributed by atoms with van der Waals surface area (Å²) >= 11 is 1.54. The van der Waals surface area contributed by atoms with Gasteiger partial charge in [0, 0.05) is 4.90 Å². The summed E-state index contributed by atoms with van der Waals surface area (Å²) in [5.41, 5.74) is 0.654. The molecule has 1 aromatic carbocycles. The first-order valence-electron chi connectivity index (χ1n) is 5.41. The summed E-state index contributed by atoms with van der Waals surface area (Å²) in [7, 11) is 0. The lowest BCUT2D eigenvalue weighted by molar-refractivity contribution is 0.0943. The van der Waals surface area contributed by atoms with E-state index < -0.39 is 0 Å². The molecule has 2 rings (SSSR count). The summed E-state index contributed by atoms with van der Waals surface area (Å²) in [5.74, 6) is 0.821. The van der Waals surface area contributed by atoms with E-state index in [9.17, 15) is 4.79 Å². The molecule has 0 aliphatic heterocycles. The van der Waals surface area contributed by atoms with E-state index in [0.717, 1.165) is 4.90 Å². The maximum atomic E-state index is 12.0. The fourth-order valence-corrected chi connectivity index (χ4v) is 2.09. The zero-order chi connectivity index (χ0) is 13.0. The van der Waals surface area contributed by atoms with E-state index in [1.165, 1.54) is 11.8 Å². The van der Waals surface area contributed by atoms with Crippen molar-refractivity contribution in [2.45, 2.75) is 18.4 Å². The van der Waals surface area contributed by atoms with Gasteiger partial charge in [0.1, 0.15) is 0 Å². The van der Waals surface area contributed by atoms with Crippen molar-refractivity contribution >= 4 is 17.7 Å². The van der Waals surface area contributed by atoms with Gasteiger partial charge in [-0.3, -0.25) is 4.79 Å². The van der Waals surface area contributed by atoms with Crippen LogP contribution in [0, 0.1) is 6.92 Å². The van der Waals surface area contributed by atoms with Crippen molar-refractivity contribution in [3.8, 4) is 0 Å². The Balaban J connectivity index is 2.03. The molecule has 0 saturated heterocycles. The fourth-order valence-electron chi connectivity index (χ4n) is 1.50. The molecule has 18 heavy (non-hydrogen) atoms. The number of hydrogen-bond donors (Lipinski definition) is 1. The van der Waals surface area contributed by atoms with Gasteiger partial charge in [0.15, 0.2) is 5.82 Å². The molecule has 1 heterocycles. The zero-order valence-corrected chi connectivity index (χ0v) is 11.0. The number of carbonyl (C=O) groups excluding carboxylic acids is 1. The second-order valence-electron chi connectivity index (χ2n) is 3.62. The highest BCUT2D eigenvalue weighted by molar-refractivity contribution is 7.98. The maximum absolute atomic E-state index is 12.0. The SMILES string of the molecule is CSc1ccccc1C(=O)NCc1nc(C)no1. The van der Waals surface area contributed by atoms with Gasteiger partial charge < -0.3 is 9.84 Å². The van der Waals surface area contributed by atoms with Crippen LogP contribution >= 0.6 is 11.8 Å². The van der Waals surface area contributed by atoms with Crippen molar-refractivity contribution in [1.82, 2.24) is 15.5 Å². The number of aromatic nitrogens is 2. The summed E-state index contributed by atoms with van der Waals surface area (Å²) in [6, 6.07) is 7.45. The normalized spacial score (nSPS) is 10.3. The van der Waals surface area contributed by atoms with Crippen LogP contribution in [0.3, 0.4) is 0 Å². The van der Waals surface area contributed by atoms with Crippen LogP contribution in [0.5, 0.6) is 0 Å². The summed E-state index contributed by atoms with van der Waals surface area (Å²) in [4.78, 5) is 17.0. The number of rotatable bonds is 4. The van der Waals surface area contributed by atoms with E-state index in [-0.39, 0.29) is 12.5 Å². The minimum atomic E-state index is -0.143. The van der Waals surface area contributed by atoms with E-state index in [1.54, 1.807) is 13.0 Å².